The molecule has 0 radical (unpaired) electrons. The Bertz CT molecular complexity index is 511. The number of benzene rings is 1. The third-order valence-electron chi connectivity index (χ3n) is 2.82. The molecule has 1 aliphatic heterocycles. The first-order chi connectivity index (χ1) is 9.19. The summed E-state index contributed by atoms with van der Waals surface area (Å²) in [6, 6.07) is 9.00. The molecular formula is C13H13NO5. The summed E-state index contributed by atoms with van der Waals surface area (Å²) in [7, 11) is 2.47. The zero-order chi connectivity index (χ0) is 13.8. The van der Waals surface area contributed by atoms with Crippen LogP contribution in [0.1, 0.15) is 5.56 Å². The van der Waals surface area contributed by atoms with E-state index >= 15 is 0 Å². The van der Waals surface area contributed by atoms with Gasteiger partial charge < -0.3 is 14.3 Å². The Balaban J connectivity index is 2.34. The predicted molar refractivity (Wildman–Crippen MR) is 65.4 cm³/mol. The number of carbonyl (C=O) groups excluding carboxylic acids is 2. The van der Waals surface area contributed by atoms with Crippen LogP contribution in [-0.4, -0.2) is 38.0 Å². The van der Waals surface area contributed by atoms with Gasteiger partial charge in [0.1, 0.15) is 5.71 Å². The van der Waals surface area contributed by atoms with Crippen LogP contribution in [0, 0.1) is 5.92 Å². The maximum absolute atomic E-state index is 11.8. The summed E-state index contributed by atoms with van der Waals surface area (Å²) in [5, 5.41) is 3.82. The van der Waals surface area contributed by atoms with E-state index in [9.17, 15) is 9.59 Å². The van der Waals surface area contributed by atoms with Gasteiger partial charge in [-0.05, 0) is 0 Å². The van der Waals surface area contributed by atoms with Crippen molar-refractivity contribution in [3.05, 3.63) is 35.9 Å². The highest BCUT2D eigenvalue weighted by Gasteiger charge is 2.46. The average molecular weight is 263 g/mol. The molecule has 1 heterocycles. The number of nitrogens with zero attached hydrogens (tertiary/aromatic N) is 1. The van der Waals surface area contributed by atoms with Gasteiger partial charge in [0, 0.05) is 5.56 Å². The molecule has 100 valence electrons. The van der Waals surface area contributed by atoms with Crippen LogP contribution < -0.4 is 0 Å². The van der Waals surface area contributed by atoms with Gasteiger partial charge in [-0.1, -0.05) is 35.5 Å². The number of esters is 2. The second-order valence-electron chi connectivity index (χ2n) is 3.89. The van der Waals surface area contributed by atoms with E-state index in [4.69, 9.17) is 9.57 Å². The number of ether oxygens (including phenoxy) is 2. The maximum atomic E-state index is 11.8. The standard InChI is InChI=1S/C13H13NO5/c1-17-12(15)9-10(8-6-4-3-5-7-8)14-19-11(9)13(16)18-2/h3-7,9,11H,1-2H3/t9-,11+/m1/s1. The molecule has 1 aromatic rings. The maximum Gasteiger partial charge on any atom is 0.351 e. The van der Waals surface area contributed by atoms with Crippen molar-refractivity contribution in [2.45, 2.75) is 6.10 Å². The molecule has 0 spiro atoms. The van der Waals surface area contributed by atoms with Crippen molar-refractivity contribution in [3.8, 4) is 0 Å². The molecule has 1 aromatic carbocycles. The van der Waals surface area contributed by atoms with Gasteiger partial charge in [-0.3, -0.25) is 4.79 Å². The summed E-state index contributed by atoms with van der Waals surface area (Å²) in [5.41, 5.74) is 1.06. The van der Waals surface area contributed by atoms with Crippen LogP contribution in [-0.2, 0) is 23.9 Å². The van der Waals surface area contributed by atoms with Crippen LogP contribution >= 0.6 is 0 Å². The molecule has 0 amide bonds. The Morgan fingerprint density at radius 3 is 2.32 bits per heavy atom. The Hall–Kier alpha value is -2.37. The molecule has 0 aliphatic carbocycles. The van der Waals surface area contributed by atoms with Gasteiger partial charge in [-0.25, -0.2) is 4.79 Å². The highest BCUT2D eigenvalue weighted by molar-refractivity contribution is 6.15. The molecule has 0 bridgehead atoms. The van der Waals surface area contributed by atoms with Crippen molar-refractivity contribution >= 4 is 17.7 Å². The fourth-order valence-corrected chi connectivity index (χ4v) is 1.87. The normalized spacial score (nSPS) is 21.3. The fraction of sp³-hybridized carbons (Fsp3) is 0.308. The number of hydrogen-bond donors (Lipinski definition) is 0. The van der Waals surface area contributed by atoms with Gasteiger partial charge in [-0.15, -0.1) is 0 Å². The van der Waals surface area contributed by atoms with E-state index < -0.39 is 24.0 Å². The van der Waals surface area contributed by atoms with Crippen LogP contribution in [0.2, 0.25) is 0 Å². The number of rotatable bonds is 3. The quantitative estimate of drug-likeness (QED) is 0.752. The van der Waals surface area contributed by atoms with E-state index in [1.807, 2.05) is 6.07 Å². The monoisotopic (exact) mass is 263 g/mol. The Morgan fingerprint density at radius 2 is 1.74 bits per heavy atom. The van der Waals surface area contributed by atoms with E-state index in [0.29, 0.717) is 11.3 Å². The lowest BCUT2D eigenvalue weighted by Crippen LogP contribution is -2.38. The Labute approximate surface area is 109 Å². The van der Waals surface area contributed by atoms with Gasteiger partial charge in [0.25, 0.3) is 0 Å². The van der Waals surface area contributed by atoms with E-state index in [-0.39, 0.29) is 0 Å². The summed E-state index contributed by atoms with van der Waals surface area (Å²) < 4.78 is 9.30. The van der Waals surface area contributed by atoms with Crippen molar-refractivity contribution in [3.63, 3.8) is 0 Å². The Kier molecular flexibility index (Phi) is 3.79. The summed E-state index contributed by atoms with van der Waals surface area (Å²) in [6.45, 7) is 0. The van der Waals surface area contributed by atoms with Gasteiger partial charge in [0.05, 0.1) is 14.2 Å². The van der Waals surface area contributed by atoms with Crippen LogP contribution in [0.3, 0.4) is 0 Å². The largest absolute Gasteiger partial charge is 0.468 e. The fourth-order valence-electron chi connectivity index (χ4n) is 1.87. The SMILES string of the molecule is COC(=O)[C@@H]1C(c2ccccc2)=NO[C@@H]1C(=O)OC. The summed E-state index contributed by atoms with van der Waals surface area (Å²) in [4.78, 5) is 28.5. The smallest absolute Gasteiger partial charge is 0.351 e. The molecule has 2 rings (SSSR count). The topological polar surface area (TPSA) is 74.2 Å². The van der Waals surface area contributed by atoms with Gasteiger partial charge in [0.2, 0.25) is 6.10 Å². The molecule has 0 unspecified atom stereocenters. The molecule has 0 saturated carbocycles. The van der Waals surface area contributed by atoms with Crippen molar-refractivity contribution in [1.82, 2.24) is 0 Å². The predicted octanol–water partition coefficient (Wildman–Crippen LogP) is 0.752. The van der Waals surface area contributed by atoms with Crippen molar-refractivity contribution in [1.29, 1.82) is 0 Å². The molecule has 0 saturated heterocycles. The lowest BCUT2D eigenvalue weighted by atomic mass is 9.92. The Morgan fingerprint density at radius 1 is 1.11 bits per heavy atom. The first-order valence-corrected chi connectivity index (χ1v) is 5.63. The molecule has 2 atom stereocenters. The number of methoxy groups -OCH3 is 2. The lowest BCUT2D eigenvalue weighted by Gasteiger charge is -2.14. The lowest BCUT2D eigenvalue weighted by molar-refractivity contribution is -0.161. The second kappa shape index (κ2) is 5.51. The zero-order valence-corrected chi connectivity index (χ0v) is 10.5. The number of oxime groups is 1. The van der Waals surface area contributed by atoms with E-state index in [1.165, 1.54) is 14.2 Å². The number of hydrogen-bond acceptors (Lipinski definition) is 6. The van der Waals surface area contributed by atoms with Crippen molar-refractivity contribution < 1.29 is 23.9 Å². The molecule has 0 N–H and O–H groups in total. The molecule has 1 aliphatic rings. The first-order valence-electron chi connectivity index (χ1n) is 5.63. The highest BCUT2D eigenvalue weighted by atomic mass is 16.7. The molecule has 6 heteroatoms. The van der Waals surface area contributed by atoms with E-state index in [1.54, 1.807) is 24.3 Å². The third-order valence-corrected chi connectivity index (χ3v) is 2.82. The highest BCUT2D eigenvalue weighted by Crippen LogP contribution is 2.25. The van der Waals surface area contributed by atoms with Crippen LogP contribution in [0.5, 0.6) is 0 Å². The van der Waals surface area contributed by atoms with Crippen LogP contribution in [0.15, 0.2) is 35.5 Å². The van der Waals surface area contributed by atoms with E-state index in [0.717, 1.165) is 0 Å². The molecule has 0 aromatic heterocycles. The molecule has 6 nitrogen and oxygen atoms in total. The van der Waals surface area contributed by atoms with Gasteiger partial charge in [-0.2, -0.15) is 0 Å². The summed E-state index contributed by atoms with van der Waals surface area (Å²) in [5.74, 6) is -2.17. The zero-order valence-electron chi connectivity index (χ0n) is 10.5. The molecule has 19 heavy (non-hydrogen) atoms. The average Bonchev–Trinajstić information content (AvgIpc) is 2.91. The van der Waals surface area contributed by atoms with Crippen molar-refractivity contribution in [2.24, 2.45) is 11.1 Å². The minimum absolute atomic E-state index is 0.364. The first kappa shape index (κ1) is 13.1. The minimum atomic E-state index is -1.10. The van der Waals surface area contributed by atoms with Crippen LogP contribution in [0.4, 0.5) is 0 Å². The van der Waals surface area contributed by atoms with E-state index in [2.05, 4.69) is 9.89 Å². The molecular weight excluding hydrogens is 250 g/mol. The van der Waals surface area contributed by atoms with Crippen LogP contribution in [0.25, 0.3) is 0 Å². The molecule has 0 fully saturated rings. The number of carbonyl (C=O) groups is 2. The summed E-state index contributed by atoms with van der Waals surface area (Å²) in [6.07, 6.45) is -1.10. The summed E-state index contributed by atoms with van der Waals surface area (Å²) >= 11 is 0. The van der Waals surface area contributed by atoms with Crippen molar-refractivity contribution in [2.75, 3.05) is 14.2 Å². The minimum Gasteiger partial charge on any atom is -0.468 e. The van der Waals surface area contributed by atoms with Gasteiger partial charge >= 0.3 is 11.9 Å². The van der Waals surface area contributed by atoms with Gasteiger partial charge in [0.15, 0.2) is 5.92 Å². The second-order valence-corrected chi connectivity index (χ2v) is 3.89. The third kappa shape index (κ3) is 2.42.